The molecule has 1 saturated heterocycles. The molecule has 2 aliphatic rings. The van der Waals surface area contributed by atoms with Crippen molar-refractivity contribution in [3.63, 3.8) is 0 Å². The van der Waals surface area contributed by atoms with E-state index < -0.39 is 9.84 Å². The third-order valence-corrected chi connectivity index (χ3v) is 6.67. The van der Waals surface area contributed by atoms with Gasteiger partial charge in [0.2, 0.25) is 0 Å². The third-order valence-electron chi connectivity index (χ3n) is 4.46. The second-order valence-corrected chi connectivity index (χ2v) is 9.44. The van der Waals surface area contributed by atoms with Crippen LogP contribution >= 0.6 is 35.6 Å². The monoisotopic (exact) mass is 497 g/mol. The zero-order valence-corrected chi connectivity index (χ0v) is 18.2. The maximum absolute atomic E-state index is 11.6. The van der Waals surface area contributed by atoms with Crippen molar-refractivity contribution in [3.05, 3.63) is 34.9 Å². The zero-order chi connectivity index (χ0) is 17.2. The van der Waals surface area contributed by atoms with E-state index in [-0.39, 0.29) is 35.6 Å². The van der Waals surface area contributed by atoms with Crippen LogP contribution in [0.15, 0.2) is 29.3 Å². The lowest BCUT2D eigenvalue weighted by atomic mass is 10.1. The molecule has 1 saturated carbocycles. The van der Waals surface area contributed by atoms with E-state index in [2.05, 4.69) is 10.2 Å². The fourth-order valence-corrected chi connectivity index (χ4v) is 4.92. The molecule has 0 spiro atoms. The number of nitrogens with zero attached hydrogens (tertiary/aromatic N) is 2. The maximum Gasteiger partial charge on any atom is 0.194 e. The minimum absolute atomic E-state index is 0. The number of sulfone groups is 1. The molecule has 8 heteroatoms. The molecule has 0 amide bonds. The van der Waals surface area contributed by atoms with Gasteiger partial charge in [-0.25, -0.2) is 8.42 Å². The van der Waals surface area contributed by atoms with Crippen molar-refractivity contribution in [2.24, 2.45) is 10.9 Å². The van der Waals surface area contributed by atoms with Crippen molar-refractivity contribution >= 4 is 51.4 Å². The Labute approximate surface area is 172 Å². The van der Waals surface area contributed by atoms with Crippen molar-refractivity contribution in [2.45, 2.75) is 31.8 Å². The van der Waals surface area contributed by atoms with Crippen LogP contribution in [0, 0.1) is 5.92 Å². The molecule has 1 N–H and O–H groups in total. The highest BCUT2D eigenvalue weighted by atomic mass is 127. The molecule has 1 aliphatic carbocycles. The van der Waals surface area contributed by atoms with E-state index in [4.69, 9.17) is 16.6 Å². The first-order chi connectivity index (χ1) is 11.4. The van der Waals surface area contributed by atoms with Crippen molar-refractivity contribution < 1.29 is 8.42 Å². The fraction of sp³-hybridized carbons (Fsp3) is 0.588. The Morgan fingerprint density at radius 1 is 1.32 bits per heavy atom. The van der Waals surface area contributed by atoms with Gasteiger partial charge in [0.25, 0.3) is 0 Å². The molecule has 5 nitrogen and oxygen atoms in total. The zero-order valence-electron chi connectivity index (χ0n) is 14.3. The van der Waals surface area contributed by atoms with Gasteiger partial charge in [-0.1, -0.05) is 29.8 Å². The van der Waals surface area contributed by atoms with E-state index in [9.17, 15) is 8.42 Å². The molecule has 1 unspecified atom stereocenters. The van der Waals surface area contributed by atoms with E-state index in [0.717, 1.165) is 35.8 Å². The van der Waals surface area contributed by atoms with Crippen molar-refractivity contribution in [2.75, 3.05) is 25.1 Å². The van der Waals surface area contributed by atoms with Crippen LogP contribution in [0.2, 0.25) is 5.02 Å². The lowest BCUT2D eigenvalue weighted by Crippen LogP contribution is -2.40. The Kier molecular flexibility index (Phi) is 7.40. The van der Waals surface area contributed by atoms with Crippen LogP contribution < -0.4 is 5.32 Å². The summed E-state index contributed by atoms with van der Waals surface area (Å²) in [6.07, 6.45) is 3.05. The summed E-state index contributed by atoms with van der Waals surface area (Å²) in [5.41, 5.74) is 1.05. The molecule has 1 aromatic rings. The molecule has 3 rings (SSSR count). The number of nitrogens with one attached hydrogen (secondary N) is 1. The Morgan fingerprint density at radius 2 is 2.04 bits per heavy atom. The third kappa shape index (κ3) is 6.29. The lowest BCUT2D eigenvalue weighted by molar-refractivity contribution is 0.470. The number of aliphatic imine (C=N–C) groups is 1. The fourth-order valence-electron chi connectivity index (χ4n) is 2.88. The summed E-state index contributed by atoms with van der Waals surface area (Å²) < 4.78 is 23.2. The highest BCUT2D eigenvalue weighted by Gasteiger charge is 2.28. The average Bonchev–Trinajstić information content (AvgIpc) is 3.28. The molecule has 1 heterocycles. The van der Waals surface area contributed by atoms with Crippen LogP contribution in [-0.4, -0.2) is 50.4 Å². The predicted molar refractivity (Wildman–Crippen MR) is 114 cm³/mol. The Hall–Kier alpha value is -0.540. The molecule has 0 aromatic heterocycles. The number of rotatable bonds is 5. The number of hydrogen-bond donors (Lipinski definition) is 1. The SMILES string of the molecule is CN(Cc1ccccc1Cl)C(=NCC1CCS(=O)(=O)C1)NC1CC1.I. The van der Waals surface area contributed by atoms with Crippen molar-refractivity contribution in [1.82, 2.24) is 10.2 Å². The van der Waals surface area contributed by atoms with Crippen LogP contribution in [0.5, 0.6) is 0 Å². The normalized spacial score (nSPS) is 22.3. The van der Waals surface area contributed by atoms with Crippen LogP contribution in [-0.2, 0) is 16.4 Å². The van der Waals surface area contributed by atoms with Gasteiger partial charge in [-0.15, -0.1) is 24.0 Å². The van der Waals surface area contributed by atoms with Gasteiger partial charge >= 0.3 is 0 Å². The molecular weight excluding hydrogens is 473 g/mol. The Bertz CT molecular complexity index is 722. The predicted octanol–water partition coefficient (Wildman–Crippen LogP) is 2.93. The van der Waals surface area contributed by atoms with E-state index in [1.807, 2.05) is 31.3 Å². The topological polar surface area (TPSA) is 61.8 Å². The number of benzene rings is 1. The molecule has 0 radical (unpaired) electrons. The van der Waals surface area contributed by atoms with E-state index in [1.54, 1.807) is 0 Å². The number of halogens is 2. The first kappa shape index (κ1) is 20.8. The van der Waals surface area contributed by atoms with E-state index in [1.165, 1.54) is 0 Å². The highest BCUT2D eigenvalue weighted by molar-refractivity contribution is 14.0. The minimum Gasteiger partial charge on any atom is -0.354 e. The molecule has 0 bridgehead atoms. The quantitative estimate of drug-likeness (QED) is 0.386. The van der Waals surface area contributed by atoms with Gasteiger partial charge in [0.15, 0.2) is 15.8 Å². The van der Waals surface area contributed by atoms with Gasteiger partial charge < -0.3 is 10.2 Å². The van der Waals surface area contributed by atoms with Crippen LogP contribution in [0.3, 0.4) is 0 Å². The van der Waals surface area contributed by atoms with Crippen LogP contribution in [0.4, 0.5) is 0 Å². The van der Waals surface area contributed by atoms with Gasteiger partial charge in [-0.05, 0) is 36.8 Å². The lowest BCUT2D eigenvalue weighted by Gasteiger charge is -2.23. The molecule has 140 valence electrons. The standard InChI is InChI=1S/C17H24ClN3O2S.HI/c1-21(11-14-4-2-3-5-16(14)18)17(20-15-6-7-15)19-10-13-8-9-24(22,23)12-13;/h2-5,13,15H,6-12H2,1H3,(H,19,20);1H. The molecule has 25 heavy (non-hydrogen) atoms. The Balaban J connectivity index is 0.00000225. The molecule has 1 aromatic carbocycles. The summed E-state index contributed by atoms with van der Waals surface area (Å²) in [4.78, 5) is 6.76. The van der Waals surface area contributed by atoms with Gasteiger partial charge in [0.1, 0.15) is 0 Å². The van der Waals surface area contributed by atoms with Gasteiger partial charge in [-0.2, -0.15) is 0 Å². The minimum atomic E-state index is -2.85. The van der Waals surface area contributed by atoms with Gasteiger partial charge in [0.05, 0.1) is 11.5 Å². The first-order valence-corrected chi connectivity index (χ1v) is 10.6. The second kappa shape index (κ2) is 8.90. The highest BCUT2D eigenvalue weighted by Crippen LogP contribution is 2.22. The van der Waals surface area contributed by atoms with Gasteiger partial charge in [0, 0.05) is 31.2 Å². The molecular formula is C17H25ClIN3O2S. The van der Waals surface area contributed by atoms with Crippen molar-refractivity contribution in [1.29, 1.82) is 0 Å². The number of guanidine groups is 1. The van der Waals surface area contributed by atoms with Crippen molar-refractivity contribution in [3.8, 4) is 0 Å². The van der Waals surface area contributed by atoms with Crippen LogP contribution in [0.1, 0.15) is 24.8 Å². The van der Waals surface area contributed by atoms with Gasteiger partial charge in [-0.3, -0.25) is 4.99 Å². The summed E-state index contributed by atoms with van der Waals surface area (Å²) in [7, 11) is -0.860. The smallest absolute Gasteiger partial charge is 0.194 e. The average molecular weight is 498 g/mol. The Morgan fingerprint density at radius 3 is 2.64 bits per heavy atom. The second-order valence-electron chi connectivity index (χ2n) is 6.80. The largest absolute Gasteiger partial charge is 0.354 e. The maximum atomic E-state index is 11.6. The van der Waals surface area contributed by atoms with E-state index in [0.29, 0.717) is 24.9 Å². The van der Waals surface area contributed by atoms with Crippen LogP contribution in [0.25, 0.3) is 0 Å². The summed E-state index contributed by atoms with van der Waals surface area (Å²) in [6.45, 7) is 1.22. The van der Waals surface area contributed by atoms with E-state index >= 15 is 0 Å². The first-order valence-electron chi connectivity index (χ1n) is 8.39. The number of hydrogen-bond acceptors (Lipinski definition) is 3. The summed E-state index contributed by atoms with van der Waals surface area (Å²) >= 11 is 6.25. The summed E-state index contributed by atoms with van der Waals surface area (Å²) in [6, 6.07) is 8.29. The summed E-state index contributed by atoms with van der Waals surface area (Å²) in [5.74, 6) is 1.54. The molecule has 1 aliphatic heterocycles. The summed E-state index contributed by atoms with van der Waals surface area (Å²) in [5, 5.41) is 4.21. The molecule has 2 fully saturated rings. The molecule has 1 atom stereocenters.